The Morgan fingerprint density at radius 3 is 2.73 bits per heavy atom. The summed E-state index contributed by atoms with van der Waals surface area (Å²) in [6.07, 6.45) is 6.74. The van der Waals surface area contributed by atoms with E-state index < -0.39 is 41.3 Å². The van der Waals surface area contributed by atoms with E-state index in [2.05, 4.69) is 24.5 Å². The lowest BCUT2D eigenvalue weighted by Gasteiger charge is -2.39. The van der Waals surface area contributed by atoms with Crippen LogP contribution < -0.4 is 10.6 Å². The summed E-state index contributed by atoms with van der Waals surface area (Å²) in [6, 6.07) is 2.90. The number of benzene rings is 1. The maximum atomic E-state index is 13.9. The highest BCUT2D eigenvalue weighted by molar-refractivity contribution is 6.31. The van der Waals surface area contributed by atoms with E-state index in [0.717, 1.165) is 19.3 Å². The maximum Gasteiger partial charge on any atom is 0.246 e. The Morgan fingerprint density at radius 2 is 2.03 bits per heavy atom. The van der Waals surface area contributed by atoms with Crippen LogP contribution in [0.5, 0.6) is 0 Å². The van der Waals surface area contributed by atoms with Crippen LogP contribution in [0.3, 0.4) is 0 Å². The quantitative estimate of drug-likeness (QED) is 0.536. The number of anilines is 1. The summed E-state index contributed by atoms with van der Waals surface area (Å²) in [5.41, 5.74) is -0.877. The molecule has 1 aromatic carbocycles. The molecule has 3 amide bonds. The van der Waals surface area contributed by atoms with Gasteiger partial charge in [-0.15, -0.1) is 0 Å². The molecule has 9 heteroatoms. The van der Waals surface area contributed by atoms with Gasteiger partial charge in [-0.3, -0.25) is 14.4 Å². The van der Waals surface area contributed by atoms with Gasteiger partial charge in [-0.2, -0.15) is 0 Å². The van der Waals surface area contributed by atoms with E-state index in [-0.39, 0.29) is 28.9 Å². The van der Waals surface area contributed by atoms with Gasteiger partial charge in [0.05, 0.1) is 23.0 Å². The molecule has 5 rings (SSSR count). The van der Waals surface area contributed by atoms with Gasteiger partial charge >= 0.3 is 0 Å². The average Bonchev–Trinajstić information content (AvgIpc) is 3.51. The molecule has 37 heavy (non-hydrogen) atoms. The summed E-state index contributed by atoms with van der Waals surface area (Å²) in [7, 11) is 0. The number of amides is 3. The van der Waals surface area contributed by atoms with Gasteiger partial charge in [0.15, 0.2) is 0 Å². The molecule has 2 N–H and O–H groups in total. The van der Waals surface area contributed by atoms with E-state index in [1.54, 1.807) is 11.0 Å². The number of rotatable bonds is 6. The lowest BCUT2D eigenvalue weighted by Crippen LogP contribution is -2.59. The Bertz CT molecular complexity index is 1140. The zero-order valence-electron chi connectivity index (χ0n) is 21.7. The molecule has 3 aliphatic heterocycles. The second-order valence-electron chi connectivity index (χ2n) is 11.2. The summed E-state index contributed by atoms with van der Waals surface area (Å²) >= 11 is 5.89. The van der Waals surface area contributed by atoms with E-state index in [1.807, 2.05) is 19.9 Å². The summed E-state index contributed by atoms with van der Waals surface area (Å²) in [4.78, 5) is 43.0. The number of carbonyl (C=O) groups excluding carboxylic acids is 3. The van der Waals surface area contributed by atoms with Gasteiger partial charge in [0, 0.05) is 17.8 Å². The summed E-state index contributed by atoms with van der Waals surface area (Å²) in [5, 5.41) is 5.92. The molecule has 0 aromatic heterocycles. The van der Waals surface area contributed by atoms with Gasteiger partial charge in [0.25, 0.3) is 0 Å². The van der Waals surface area contributed by atoms with Crippen LogP contribution in [0.1, 0.15) is 53.4 Å². The molecule has 2 saturated heterocycles. The molecule has 1 spiro atoms. The first-order valence-corrected chi connectivity index (χ1v) is 13.7. The smallest absolute Gasteiger partial charge is 0.246 e. The SMILES string of the molecule is CC[C@H](C)N1C(=O)[C@H]2[C@H](C(=O)Nc3ccc(F)c(Cl)c3)[C@H]3C=C[C@@]2(O3)[C@@H]1C(=O)N[C@@H]1CCC[C@@H](C)[C@@H]1C. The molecule has 3 fully saturated rings. The van der Waals surface area contributed by atoms with Crippen molar-refractivity contribution in [1.29, 1.82) is 0 Å². The van der Waals surface area contributed by atoms with Gasteiger partial charge in [0.2, 0.25) is 17.7 Å². The third-order valence-electron chi connectivity index (χ3n) is 9.15. The predicted molar refractivity (Wildman–Crippen MR) is 138 cm³/mol. The molecule has 0 radical (unpaired) electrons. The summed E-state index contributed by atoms with van der Waals surface area (Å²) in [6.45, 7) is 8.28. The molecule has 1 aromatic rings. The lowest BCUT2D eigenvalue weighted by molar-refractivity contribution is -0.144. The Kier molecular flexibility index (Phi) is 6.86. The molecule has 1 saturated carbocycles. The Morgan fingerprint density at radius 1 is 1.27 bits per heavy atom. The largest absolute Gasteiger partial charge is 0.359 e. The maximum absolute atomic E-state index is 13.9. The second kappa shape index (κ2) is 9.70. The van der Waals surface area contributed by atoms with Crippen LogP contribution in [-0.2, 0) is 19.1 Å². The van der Waals surface area contributed by atoms with Gasteiger partial charge in [0.1, 0.15) is 17.5 Å². The molecule has 2 bridgehead atoms. The minimum absolute atomic E-state index is 0.0329. The number of halogens is 2. The van der Waals surface area contributed by atoms with Gasteiger partial charge in [-0.25, -0.2) is 4.39 Å². The third kappa shape index (κ3) is 4.16. The topological polar surface area (TPSA) is 87.7 Å². The molecule has 200 valence electrons. The molecule has 1 aliphatic carbocycles. The van der Waals surface area contributed by atoms with E-state index >= 15 is 0 Å². The van der Waals surface area contributed by atoms with Crippen molar-refractivity contribution in [2.75, 3.05) is 5.32 Å². The molecule has 3 heterocycles. The fraction of sp³-hybridized carbons (Fsp3) is 0.607. The number of carbonyl (C=O) groups is 3. The normalized spacial score (nSPS) is 37.0. The van der Waals surface area contributed by atoms with Crippen LogP contribution in [0.15, 0.2) is 30.4 Å². The Labute approximate surface area is 222 Å². The van der Waals surface area contributed by atoms with Crippen LogP contribution in [0.2, 0.25) is 5.02 Å². The van der Waals surface area contributed by atoms with Gasteiger partial charge in [-0.1, -0.05) is 57.4 Å². The third-order valence-corrected chi connectivity index (χ3v) is 9.44. The van der Waals surface area contributed by atoms with Crippen molar-refractivity contribution in [3.8, 4) is 0 Å². The monoisotopic (exact) mass is 531 g/mol. The molecular weight excluding hydrogens is 497 g/mol. The number of nitrogens with zero attached hydrogens (tertiary/aromatic N) is 1. The highest BCUT2D eigenvalue weighted by atomic mass is 35.5. The van der Waals surface area contributed by atoms with Crippen molar-refractivity contribution in [2.24, 2.45) is 23.7 Å². The van der Waals surface area contributed by atoms with Gasteiger partial charge < -0.3 is 20.3 Å². The van der Waals surface area contributed by atoms with E-state index in [4.69, 9.17) is 16.3 Å². The van der Waals surface area contributed by atoms with Crippen molar-refractivity contribution in [2.45, 2.75) is 83.2 Å². The highest BCUT2D eigenvalue weighted by Crippen LogP contribution is 2.56. The van der Waals surface area contributed by atoms with Crippen LogP contribution in [-0.4, -0.2) is 52.5 Å². The molecule has 9 atom stereocenters. The fourth-order valence-corrected chi connectivity index (χ4v) is 6.90. The highest BCUT2D eigenvalue weighted by Gasteiger charge is 2.73. The number of likely N-dealkylation sites (tertiary alicyclic amines) is 1. The molecule has 4 aliphatic rings. The molecule has 7 nitrogen and oxygen atoms in total. The van der Waals surface area contributed by atoms with Gasteiger partial charge in [-0.05, 0) is 49.8 Å². The number of ether oxygens (including phenoxy) is 1. The first kappa shape index (κ1) is 26.2. The number of fused-ring (bicyclic) bond motifs is 1. The first-order chi connectivity index (χ1) is 17.6. The zero-order chi connectivity index (χ0) is 26.6. The second-order valence-corrected chi connectivity index (χ2v) is 11.6. The standard InChI is InChI=1S/C28H35ClFN3O4/c1-5-15(3)33-24(26(35)32-20-8-6-7-14(2)16(20)4)28-12-11-21(37-28)22(23(28)27(33)36)25(34)31-17-9-10-19(30)18(29)13-17/h9-16,20-24H,5-8H2,1-4H3,(H,31,34)(H,32,35)/t14-,15+,16+,20-,21-,22-,23-,24+,28+/m1/s1. The van der Waals surface area contributed by atoms with Crippen molar-refractivity contribution < 1.29 is 23.5 Å². The minimum Gasteiger partial charge on any atom is -0.359 e. The van der Waals surface area contributed by atoms with Crippen molar-refractivity contribution >= 4 is 35.0 Å². The van der Waals surface area contributed by atoms with Crippen LogP contribution in [0.4, 0.5) is 10.1 Å². The summed E-state index contributed by atoms with van der Waals surface area (Å²) < 4.78 is 20.0. The van der Waals surface area contributed by atoms with E-state index in [1.165, 1.54) is 18.2 Å². The Balaban J connectivity index is 1.45. The van der Waals surface area contributed by atoms with Crippen molar-refractivity contribution in [3.05, 3.63) is 41.2 Å². The fourth-order valence-electron chi connectivity index (χ4n) is 6.72. The van der Waals surface area contributed by atoms with Crippen molar-refractivity contribution in [1.82, 2.24) is 10.2 Å². The number of hydrogen-bond acceptors (Lipinski definition) is 4. The zero-order valence-corrected chi connectivity index (χ0v) is 22.4. The first-order valence-electron chi connectivity index (χ1n) is 13.3. The van der Waals surface area contributed by atoms with E-state index in [9.17, 15) is 18.8 Å². The lowest BCUT2D eigenvalue weighted by atomic mass is 9.73. The average molecular weight is 532 g/mol. The predicted octanol–water partition coefficient (Wildman–Crippen LogP) is 4.31. The molecule has 0 unspecified atom stereocenters. The van der Waals surface area contributed by atoms with Crippen LogP contribution >= 0.6 is 11.6 Å². The van der Waals surface area contributed by atoms with Crippen LogP contribution in [0, 0.1) is 29.5 Å². The number of nitrogens with one attached hydrogen (secondary N) is 2. The van der Waals surface area contributed by atoms with Crippen LogP contribution in [0.25, 0.3) is 0 Å². The van der Waals surface area contributed by atoms with E-state index in [0.29, 0.717) is 23.9 Å². The number of hydrogen-bond donors (Lipinski definition) is 2. The minimum atomic E-state index is -1.21. The summed E-state index contributed by atoms with van der Waals surface area (Å²) in [5.74, 6) is -2.29. The molecular formula is C28H35ClFN3O4. The van der Waals surface area contributed by atoms with Crippen molar-refractivity contribution in [3.63, 3.8) is 0 Å². The Hall–Kier alpha value is -2.45.